The Hall–Kier alpha value is -2.26. The average molecular weight is 380 g/mol. The minimum Gasteiger partial charge on any atom is -0.329 e. The van der Waals surface area contributed by atoms with Crippen LogP contribution in [0.15, 0.2) is 41.1 Å². The van der Waals surface area contributed by atoms with Gasteiger partial charge in [0.2, 0.25) is 5.91 Å². The number of thiazole rings is 1. The number of carbonyl (C=O) groups is 1. The van der Waals surface area contributed by atoms with Crippen LogP contribution in [-0.4, -0.2) is 25.7 Å². The van der Waals surface area contributed by atoms with Gasteiger partial charge in [-0.1, -0.05) is 11.8 Å². The molecule has 0 aliphatic heterocycles. The predicted molar refractivity (Wildman–Crippen MR) is 94.6 cm³/mol. The Kier molecular flexibility index (Phi) is 5.14. The van der Waals surface area contributed by atoms with Crippen molar-refractivity contribution in [2.45, 2.75) is 17.3 Å². The lowest BCUT2D eigenvalue weighted by molar-refractivity contribution is -0.115. The van der Waals surface area contributed by atoms with Crippen LogP contribution in [-0.2, 0) is 11.8 Å². The van der Waals surface area contributed by atoms with E-state index < -0.39 is 11.6 Å². The van der Waals surface area contributed by atoms with Gasteiger partial charge >= 0.3 is 0 Å². The molecule has 130 valence electrons. The van der Waals surface area contributed by atoms with E-state index in [1.807, 2.05) is 17.8 Å². The summed E-state index contributed by atoms with van der Waals surface area (Å²) in [5, 5.41) is 5.19. The molecule has 1 N–H and O–H groups in total. The smallest absolute Gasteiger partial charge is 0.239 e. The van der Waals surface area contributed by atoms with E-state index in [1.165, 1.54) is 29.2 Å². The van der Waals surface area contributed by atoms with Gasteiger partial charge in [0, 0.05) is 30.4 Å². The number of aryl methyl sites for hydroxylation is 1. The van der Waals surface area contributed by atoms with Crippen molar-refractivity contribution in [1.82, 2.24) is 14.5 Å². The lowest BCUT2D eigenvalue weighted by atomic mass is 10.2. The lowest BCUT2D eigenvalue weighted by Crippen LogP contribution is -2.22. The largest absolute Gasteiger partial charge is 0.329 e. The number of aromatic nitrogens is 3. The lowest BCUT2D eigenvalue weighted by Gasteiger charge is -2.09. The molecule has 1 atom stereocenters. The minimum absolute atomic E-state index is 0.209. The average Bonchev–Trinajstić information content (AvgIpc) is 3.20. The monoisotopic (exact) mass is 380 g/mol. The Labute approximate surface area is 151 Å². The fourth-order valence-corrected chi connectivity index (χ4v) is 3.56. The molecule has 0 spiro atoms. The third-order valence-corrected chi connectivity index (χ3v) is 5.31. The Morgan fingerprint density at radius 1 is 1.36 bits per heavy atom. The molecule has 2 heterocycles. The summed E-state index contributed by atoms with van der Waals surface area (Å²) >= 11 is 2.56. The van der Waals surface area contributed by atoms with Crippen molar-refractivity contribution >= 4 is 34.1 Å². The van der Waals surface area contributed by atoms with E-state index in [1.54, 1.807) is 18.5 Å². The number of hydrogen-bond donors (Lipinski definition) is 1. The zero-order chi connectivity index (χ0) is 18.0. The molecule has 9 heteroatoms. The topological polar surface area (TPSA) is 59.8 Å². The van der Waals surface area contributed by atoms with Crippen molar-refractivity contribution < 1.29 is 13.6 Å². The van der Waals surface area contributed by atoms with Gasteiger partial charge in [-0.2, -0.15) is 0 Å². The summed E-state index contributed by atoms with van der Waals surface area (Å²) in [6.45, 7) is 1.78. The number of nitrogens with one attached hydrogen (secondary N) is 1. The first-order valence-corrected chi connectivity index (χ1v) is 9.06. The minimum atomic E-state index is -0.934. The quantitative estimate of drug-likeness (QED) is 0.681. The van der Waals surface area contributed by atoms with Crippen LogP contribution in [0.2, 0.25) is 0 Å². The summed E-state index contributed by atoms with van der Waals surface area (Å²) in [6.07, 6.45) is 3.48. The number of imidazole rings is 1. The molecule has 1 amide bonds. The highest BCUT2D eigenvalue weighted by atomic mass is 32.2. The first-order valence-electron chi connectivity index (χ1n) is 7.30. The van der Waals surface area contributed by atoms with Gasteiger partial charge in [-0.25, -0.2) is 18.7 Å². The number of nitrogens with zero attached hydrogens (tertiary/aromatic N) is 3. The first-order chi connectivity index (χ1) is 11.9. The Balaban J connectivity index is 1.67. The van der Waals surface area contributed by atoms with E-state index in [-0.39, 0.29) is 11.2 Å². The molecule has 0 unspecified atom stereocenters. The van der Waals surface area contributed by atoms with Crippen LogP contribution in [0.5, 0.6) is 0 Å². The van der Waals surface area contributed by atoms with E-state index in [9.17, 15) is 13.6 Å². The number of benzene rings is 1. The molecule has 0 bridgehead atoms. The number of carbonyl (C=O) groups excluding carboxylic acids is 1. The van der Waals surface area contributed by atoms with Crippen molar-refractivity contribution in [1.29, 1.82) is 0 Å². The van der Waals surface area contributed by atoms with Gasteiger partial charge in [0.05, 0.1) is 10.9 Å². The number of thioether (sulfide) groups is 1. The highest BCUT2D eigenvalue weighted by Gasteiger charge is 2.18. The predicted octanol–water partition coefficient (Wildman–Crippen LogP) is 3.94. The molecule has 3 rings (SSSR count). The molecule has 1 aromatic carbocycles. The van der Waals surface area contributed by atoms with Gasteiger partial charge in [-0.15, -0.1) is 11.3 Å². The number of rotatable bonds is 5. The van der Waals surface area contributed by atoms with Gasteiger partial charge in [0.1, 0.15) is 0 Å². The molecule has 0 fully saturated rings. The Bertz CT molecular complexity index is 909. The van der Waals surface area contributed by atoms with Gasteiger partial charge in [0.15, 0.2) is 21.9 Å². The molecule has 0 saturated heterocycles. The summed E-state index contributed by atoms with van der Waals surface area (Å²) in [7, 11) is 1.86. The van der Waals surface area contributed by atoms with Gasteiger partial charge < -0.3 is 9.88 Å². The van der Waals surface area contributed by atoms with Crippen molar-refractivity contribution in [2.75, 3.05) is 5.32 Å². The van der Waals surface area contributed by atoms with Crippen LogP contribution in [0.3, 0.4) is 0 Å². The van der Waals surface area contributed by atoms with Gasteiger partial charge in [-0.05, 0) is 25.1 Å². The van der Waals surface area contributed by atoms with Gasteiger partial charge in [-0.3, -0.25) is 4.79 Å². The fraction of sp³-hybridized carbons (Fsp3) is 0.188. The van der Waals surface area contributed by atoms with Crippen LogP contribution in [0, 0.1) is 11.6 Å². The maximum Gasteiger partial charge on any atom is 0.239 e. The normalized spacial score (nSPS) is 12.2. The molecule has 0 aliphatic rings. The summed E-state index contributed by atoms with van der Waals surface area (Å²) in [5.41, 5.74) is 0.926. The summed E-state index contributed by atoms with van der Waals surface area (Å²) < 4.78 is 28.2. The maximum absolute atomic E-state index is 13.3. The first kappa shape index (κ1) is 17.6. The molecule has 0 saturated carbocycles. The van der Waals surface area contributed by atoms with Crippen molar-refractivity contribution in [3.63, 3.8) is 0 Å². The number of halogens is 2. The standard InChI is InChI=1S/C16H14F2N4OS2/c1-9(25-16-19-5-6-22(16)2)14(23)21-15-20-13(8-24-15)10-3-4-11(17)12(18)7-10/h3-9H,1-2H3,(H,20,21,23)/t9-/m1/s1. The Morgan fingerprint density at radius 3 is 2.84 bits per heavy atom. The second-order valence-corrected chi connectivity index (χ2v) is 7.40. The molecule has 5 nitrogen and oxygen atoms in total. The summed E-state index contributed by atoms with van der Waals surface area (Å²) in [6, 6.07) is 3.57. The molecule has 25 heavy (non-hydrogen) atoms. The zero-order valence-electron chi connectivity index (χ0n) is 13.4. The zero-order valence-corrected chi connectivity index (χ0v) is 15.0. The van der Waals surface area contributed by atoms with E-state index in [2.05, 4.69) is 15.3 Å². The van der Waals surface area contributed by atoms with Crippen LogP contribution < -0.4 is 5.32 Å². The number of anilines is 1. The van der Waals surface area contributed by atoms with Crippen molar-refractivity contribution in [2.24, 2.45) is 7.05 Å². The molecule has 3 aromatic rings. The molecule has 0 radical (unpaired) electrons. The van der Waals surface area contributed by atoms with E-state index in [0.717, 1.165) is 17.3 Å². The van der Waals surface area contributed by atoms with Crippen molar-refractivity contribution in [3.8, 4) is 11.3 Å². The highest BCUT2D eigenvalue weighted by Crippen LogP contribution is 2.27. The van der Waals surface area contributed by atoms with Crippen molar-refractivity contribution in [3.05, 3.63) is 47.6 Å². The van der Waals surface area contributed by atoms with Crippen LogP contribution in [0.1, 0.15) is 6.92 Å². The maximum atomic E-state index is 13.3. The second-order valence-electron chi connectivity index (χ2n) is 5.24. The molecule has 0 aliphatic carbocycles. The summed E-state index contributed by atoms with van der Waals surface area (Å²) in [5.74, 6) is -2.05. The van der Waals surface area contributed by atoms with Crippen LogP contribution >= 0.6 is 23.1 Å². The third-order valence-electron chi connectivity index (χ3n) is 3.38. The Morgan fingerprint density at radius 2 is 2.16 bits per heavy atom. The summed E-state index contributed by atoms with van der Waals surface area (Å²) in [4.78, 5) is 20.7. The molecular weight excluding hydrogens is 366 g/mol. The second kappa shape index (κ2) is 7.32. The van der Waals surface area contributed by atoms with Gasteiger partial charge in [0.25, 0.3) is 0 Å². The third kappa shape index (κ3) is 4.05. The number of hydrogen-bond acceptors (Lipinski definition) is 5. The van der Waals surface area contributed by atoms with E-state index >= 15 is 0 Å². The van der Waals surface area contributed by atoms with Crippen LogP contribution in [0.4, 0.5) is 13.9 Å². The highest BCUT2D eigenvalue weighted by molar-refractivity contribution is 8.00. The van der Waals surface area contributed by atoms with E-state index in [4.69, 9.17) is 0 Å². The fourth-order valence-electron chi connectivity index (χ4n) is 2.00. The van der Waals surface area contributed by atoms with E-state index in [0.29, 0.717) is 16.4 Å². The number of amides is 1. The SMILES string of the molecule is C[C@@H](Sc1nccn1C)C(=O)Nc1nc(-c2ccc(F)c(F)c2)cs1. The van der Waals surface area contributed by atoms with Crippen LogP contribution in [0.25, 0.3) is 11.3 Å². The molecular formula is C16H14F2N4OS2. The molecule has 2 aromatic heterocycles.